The van der Waals surface area contributed by atoms with Crippen LogP contribution in [0.2, 0.25) is 0 Å². The molecule has 0 aromatic carbocycles. The van der Waals surface area contributed by atoms with E-state index in [1.165, 1.54) is 0 Å². The first-order valence-electron chi connectivity index (χ1n) is 8.53. The van der Waals surface area contributed by atoms with Crippen molar-refractivity contribution in [1.82, 2.24) is 0 Å². The van der Waals surface area contributed by atoms with Gasteiger partial charge in [0.1, 0.15) is 0 Å². The zero-order valence-electron chi connectivity index (χ0n) is 15.3. The van der Waals surface area contributed by atoms with Crippen molar-refractivity contribution in [3.05, 3.63) is 0 Å². The van der Waals surface area contributed by atoms with Crippen LogP contribution < -0.4 is 0 Å². The van der Waals surface area contributed by atoms with Gasteiger partial charge in [-0.2, -0.15) is 0 Å². The van der Waals surface area contributed by atoms with Crippen molar-refractivity contribution in [3.63, 3.8) is 0 Å². The van der Waals surface area contributed by atoms with E-state index >= 15 is 0 Å². The second-order valence-electron chi connectivity index (χ2n) is 5.85. The van der Waals surface area contributed by atoms with Gasteiger partial charge in [0.25, 0.3) is 0 Å². The molecule has 0 amide bonds. The van der Waals surface area contributed by atoms with Gasteiger partial charge >= 0.3 is 138 Å². The number of hydrogen-bond donors (Lipinski definition) is 0. The van der Waals surface area contributed by atoms with Crippen LogP contribution in [0.1, 0.15) is 81.1 Å². The molecule has 4 nitrogen and oxygen atoms in total. The Morgan fingerprint density at radius 1 is 0.524 bits per heavy atom. The summed E-state index contributed by atoms with van der Waals surface area (Å²) in [7, 11) is 0. The van der Waals surface area contributed by atoms with Gasteiger partial charge in [-0.15, -0.1) is 0 Å². The Labute approximate surface area is 137 Å². The van der Waals surface area contributed by atoms with Gasteiger partial charge in [0.2, 0.25) is 0 Å². The van der Waals surface area contributed by atoms with Crippen molar-refractivity contribution >= 4 is 20.0 Å². The van der Waals surface area contributed by atoms with E-state index in [1.807, 2.05) is 0 Å². The first-order chi connectivity index (χ1) is 9.82. The molecule has 128 valence electrons. The molecule has 0 fully saturated rings. The molecule has 0 radical (unpaired) electrons. The van der Waals surface area contributed by atoms with Crippen molar-refractivity contribution < 1.29 is 12.3 Å². The van der Waals surface area contributed by atoms with E-state index in [1.54, 1.807) is 0 Å². The van der Waals surface area contributed by atoms with Gasteiger partial charge in [-0.25, -0.2) is 0 Å². The van der Waals surface area contributed by atoms with E-state index in [0.29, 0.717) is 0 Å². The third-order valence-corrected chi connectivity index (χ3v) is 11.6. The third kappa shape index (κ3) is 8.74. The summed E-state index contributed by atoms with van der Waals surface area (Å²) in [5.74, 6) is 0. The molecule has 0 saturated carbocycles. The first-order valence-corrected chi connectivity index (χ1v) is 13.2. The molecule has 0 spiro atoms. The SMILES string of the molecule is CCC(C)[O][Sn]([O]C(C)CC)([O]C(C)CC)[O]C(C)CC. The minimum absolute atomic E-state index is 0.0953. The molecule has 4 unspecified atom stereocenters. The van der Waals surface area contributed by atoms with Gasteiger partial charge in [-0.3, -0.25) is 0 Å². The molecular formula is C16H36O4Sn. The summed E-state index contributed by atoms with van der Waals surface area (Å²) < 4.78 is 25.0. The van der Waals surface area contributed by atoms with Crippen LogP contribution in [0.15, 0.2) is 0 Å². The second kappa shape index (κ2) is 11.2. The molecule has 4 atom stereocenters. The van der Waals surface area contributed by atoms with E-state index in [9.17, 15) is 0 Å². The van der Waals surface area contributed by atoms with Crippen LogP contribution >= 0.6 is 0 Å². The fourth-order valence-corrected chi connectivity index (χ4v) is 9.97. The van der Waals surface area contributed by atoms with Crippen LogP contribution in [-0.2, 0) is 12.3 Å². The van der Waals surface area contributed by atoms with E-state index in [4.69, 9.17) is 12.3 Å². The predicted octanol–water partition coefficient (Wildman–Crippen LogP) is 4.68. The van der Waals surface area contributed by atoms with Crippen LogP contribution in [0.5, 0.6) is 0 Å². The van der Waals surface area contributed by atoms with Crippen molar-refractivity contribution in [2.24, 2.45) is 0 Å². The third-order valence-electron chi connectivity index (χ3n) is 3.68. The molecule has 5 heteroatoms. The van der Waals surface area contributed by atoms with Crippen LogP contribution in [0.3, 0.4) is 0 Å². The average molecular weight is 411 g/mol. The van der Waals surface area contributed by atoms with Crippen molar-refractivity contribution in [1.29, 1.82) is 0 Å². The fraction of sp³-hybridized carbons (Fsp3) is 1.00. The quantitative estimate of drug-likeness (QED) is 0.437. The summed E-state index contributed by atoms with van der Waals surface area (Å²) in [6.07, 6.45) is 4.09. The Bertz CT molecular complexity index is 209. The Hall–Kier alpha value is 0.639. The van der Waals surface area contributed by atoms with Crippen LogP contribution in [0.25, 0.3) is 0 Å². The number of hydrogen-bond acceptors (Lipinski definition) is 4. The molecule has 0 saturated heterocycles. The Kier molecular flexibility index (Phi) is 11.6. The normalized spacial score (nSPS) is 20.6. The summed E-state index contributed by atoms with van der Waals surface area (Å²) in [5, 5.41) is 0. The topological polar surface area (TPSA) is 36.9 Å². The molecule has 0 aliphatic carbocycles. The Morgan fingerprint density at radius 2 is 0.714 bits per heavy atom. The van der Waals surface area contributed by atoms with Gasteiger partial charge in [0, 0.05) is 0 Å². The van der Waals surface area contributed by atoms with Crippen molar-refractivity contribution in [3.8, 4) is 0 Å². The van der Waals surface area contributed by atoms with Crippen LogP contribution in [0, 0.1) is 0 Å². The molecule has 21 heavy (non-hydrogen) atoms. The summed E-state index contributed by atoms with van der Waals surface area (Å²) in [5.41, 5.74) is 0. The van der Waals surface area contributed by atoms with Crippen LogP contribution in [-0.4, -0.2) is 44.4 Å². The molecule has 0 aromatic rings. The average Bonchev–Trinajstić information content (AvgIpc) is 2.46. The standard InChI is InChI=1S/4C4H9O.Sn/c4*1-3-4(2)5;/h4*4H,3H2,1-2H3;/q4*-1;+4. The Balaban J connectivity index is 5.23. The van der Waals surface area contributed by atoms with E-state index in [2.05, 4.69) is 55.4 Å². The summed E-state index contributed by atoms with van der Waals surface area (Å²) in [4.78, 5) is 0. The fourth-order valence-electron chi connectivity index (χ4n) is 1.49. The maximum atomic E-state index is 6.25. The van der Waals surface area contributed by atoms with Gasteiger partial charge < -0.3 is 0 Å². The Morgan fingerprint density at radius 3 is 0.857 bits per heavy atom. The maximum absolute atomic E-state index is 6.25. The summed E-state index contributed by atoms with van der Waals surface area (Å²) in [6, 6.07) is 0. The van der Waals surface area contributed by atoms with Crippen molar-refractivity contribution in [2.45, 2.75) is 105 Å². The molecule has 0 aliphatic heterocycles. The van der Waals surface area contributed by atoms with E-state index in [-0.39, 0.29) is 24.4 Å². The monoisotopic (exact) mass is 412 g/mol. The molecule has 0 rings (SSSR count). The zero-order chi connectivity index (χ0) is 16.5. The number of rotatable bonds is 12. The first kappa shape index (κ1) is 21.6. The molecule has 0 bridgehead atoms. The van der Waals surface area contributed by atoms with Crippen LogP contribution in [0.4, 0.5) is 0 Å². The molecule has 0 aromatic heterocycles. The van der Waals surface area contributed by atoms with Crippen molar-refractivity contribution in [2.75, 3.05) is 0 Å². The van der Waals surface area contributed by atoms with E-state index in [0.717, 1.165) is 25.7 Å². The summed E-state index contributed by atoms with van der Waals surface area (Å²) >= 11 is -4.01. The van der Waals surface area contributed by atoms with Gasteiger partial charge in [-0.1, -0.05) is 0 Å². The second-order valence-corrected chi connectivity index (χ2v) is 11.4. The molecule has 0 heterocycles. The summed E-state index contributed by atoms with van der Waals surface area (Å²) in [6.45, 7) is 16.7. The van der Waals surface area contributed by atoms with Gasteiger partial charge in [-0.05, 0) is 0 Å². The molecular weight excluding hydrogens is 375 g/mol. The van der Waals surface area contributed by atoms with Gasteiger partial charge in [0.15, 0.2) is 0 Å². The van der Waals surface area contributed by atoms with Gasteiger partial charge in [0.05, 0.1) is 0 Å². The molecule has 0 N–H and O–H groups in total. The predicted molar refractivity (Wildman–Crippen MR) is 89.1 cm³/mol. The minimum atomic E-state index is -4.01. The molecule has 0 aliphatic rings. The van der Waals surface area contributed by atoms with E-state index < -0.39 is 20.0 Å². The zero-order valence-corrected chi connectivity index (χ0v) is 18.1.